The second kappa shape index (κ2) is 6.52. The summed E-state index contributed by atoms with van der Waals surface area (Å²) in [5.74, 6) is 0.617. The van der Waals surface area contributed by atoms with Crippen LogP contribution in [-0.2, 0) is 11.2 Å². The molecular weight excluding hydrogens is 382 g/mol. The normalized spacial score (nSPS) is 24.3. The van der Waals surface area contributed by atoms with Gasteiger partial charge in [0.1, 0.15) is 0 Å². The number of benzene rings is 1. The fourth-order valence-electron chi connectivity index (χ4n) is 4.11. The summed E-state index contributed by atoms with van der Waals surface area (Å²) in [5, 5.41) is 5.03. The van der Waals surface area contributed by atoms with Crippen LogP contribution in [0.2, 0.25) is 5.02 Å². The molecule has 0 spiro atoms. The molecule has 0 radical (unpaired) electrons. The molecule has 1 amide bonds. The van der Waals surface area contributed by atoms with Gasteiger partial charge >= 0.3 is 0 Å². The Bertz CT molecular complexity index is 949. The fraction of sp³-hybridized carbons (Fsp3) is 0.286. The molecule has 26 heavy (non-hydrogen) atoms. The van der Waals surface area contributed by atoms with E-state index in [2.05, 4.69) is 39.9 Å². The summed E-state index contributed by atoms with van der Waals surface area (Å²) in [4.78, 5) is 18.2. The summed E-state index contributed by atoms with van der Waals surface area (Å²) in [5.41, 5.74) is 2.43. The van der Waals surface area contributed by atoms with Crippen molar-refractivity contribution in [3.8, 4) is 0 Å². The first-order valence-corrected chi connectivity index (χ1v) is 11.0. The molecule has 2 aromatic heterocycles. The van der Waals surface area contributed by atoms with E-state index < -0.39 is 0 Å². The van der Waals surface area contributed by atoms with Crippen molar-refractivity contribution in [3.63, 3.8) is 0 Å². The van der Waals surface area contributed by atoms with E-state index in [0.717, 1.165) is 30.0 Å². The smallest absolute Gasteiger partial charge is 0.227 e. The van der Waals surface area contributed by atoms with Crippen LogP contribution in [0.1, 0.15) is 39.3 Å². The first-order valence-electron chi connectivity index (χ1n) is 8.88. The molecule has 3 unspecified atom stereocenters. The Hall–Kier alpha value is -1.62. The summed E-state index contributed by atoms with van der Waals surface area (Å²) in [6.45, 7) is 0.806. The van der Waals surface area contributed by atoms with E-state index in [1.54, 1.807) is 11.3 Å². The topological polar surface area (TPSA) is 20.3 Å². The Morgan fingerprint density at radius 3 is 2.73 bits per heavy atom. The molecule has 0 bridgehead atoms. The third-order valence-electron chi connectivity index (χ3n) is 5.47. The van der Waals surface area contributed by atoms with Gasteiger partial charge in [-0.25, -0.2) is 0 Å². The quantitative estimate of drug-likeness (QED) is 0.549. The van der Waals surface area contributed by atoms with Crippen LogP contribution in [0.15, 0.2) is 53.2 Å². The van der Waals surface area contributed by atoms with Crippen LogP contribution in [0.5, 0.6) is 0 Å². The number of carbonyl (C=O) groups excluding carboxylic acids is 1. The van der Waals surface area contributed by atoms with Crippen molar-refractivity contribution < 1.29 is 4.79 Å². The number of nitrogens with zero attached hydrogens (tertiary/aromatic N) is 1. The average Bonchev–Trinajstić information content (AvgIpc) is 3.06. The van der Waals surface area contributed by atoms with E-state index >= 15 is 0 Å². The zero-order chi connectivity index (χ0) is 17.7. The SMILES string of the molecule is O=C(C1CC1c1ccccc1Cl)N1CCc2sccc2C1c1cccs1. The third kappa shape index (κ3) is 2.72. The van der Waals surface area contributed by atoms with Crippen molar-refractivity contribution in [1.29, 1.82) is 0 Å². The number of hydrogen-bond acceptors (Lipinski definition) is 3. The monoisotopic (exact) mass is 399 g/mol. The Labute approximate surface area is 166 Å². The third-order valence-corrected chi connectivity index (χ3v) is 7.74. The zero-order valence-electron chi connectivity index (χ0n) is 14.1. The summed E-state index contributed by atoms with van der Waals surface area (Å²) >= 11 is 9.91. The minimum absolute atomic E-state index is 0.0672. The van der Waals surface area contributed by atoms with E-state index in [9.17, 15) is 4.79 Å². The largest absolute Gasteiger partial charge is 0.330 e. The van der Waals surface area contributed by atoms with Gasteiger partial charge in [-0.3, -0.25) is 4.79 Å². The van der Waals surface area contributed by atoms with Gasteiger partial charge in [0.15, 0.2) is 0 Å². The molecule has 0 saturated heterocycles. The van der Waals surface area contributed by atoms with Gasteiger partial charge in [0, 0.05) is 27.2 Å². The maximum Gasteiger partial charge on any atom is 0.227 e. The molecule has 3 heterocycles. The van der Waals surface area contributed by atoms with Crippen molar-refractivity contribution in [2.24, 2.45) is 5.92 Å². The predicted molar refractivity (Wildman–Crippen MR) is 108 cm³/mol. The number of halogens is 1. The number of fused-ring (bicyclic) bond motifs is 1. The lowest BCUT2D eigenvalue weighted by atomic mass is 9.97. The number of carbonyl (C=O) groups is 1. The van der Waals surface area contributed by atoms with E-state index in [1.807, 2.05) is 29.5 Å². The molecule has 1 saturated carbocycles. The molecule has 2 nitrogen and oxygen atoms in total. The molecular formula is C21H18ClNOS2. The summed E-state index contributed by atoms with van der Waals surface area (Å²) < 4.78 is 0. The Morgan fingerprint density at radius 2 is 1.92 bits per heavy atom. The molecule has 2 aliphatic rings. The maximum atomic E-state index is 13.4. The summed E-state index contributed by atoms with van der Waals surface area (Å²) in [6, 6.07) is 14.4. The Morgan fingerprint density at radius 1 is 1.04 bits per heavy atom. The van der Waals surface area contributed by atoms with Crippen LogP contribution in [-0.4, -0.2) is 17.4 Å². The lowest BCUT2D eigenvalue weighted by Crippen LogP contribution is -2.40. The highest BCUT2D eigenvalue weighted by atomic mass is 35.5. The predicted octanol–water partition coefficient (Wildman–Crippen LogP) is 5.74. The first kappa shape index (κ1) is 16.5. The lowest BCUT2D eigenvalue weighted by molar-refractivity contribution is -0.134. The van der Waals surface area contributed by atoms with Gasteiger partial charge in [0.05, 0.1) is 6.04 Å². The minimum atomic E-state index is 0.0672. The highest BCUT2D eigenvalue weighted by Crippen LogP contribution is 2.52. The molecule has 1 aromatic carbocycles. The van der Waals surface area contributed by atoms with E-state index in [0.29, 0.717) is 0 Å². The molecule has 5 rings (SSSR count). The molecule has 5 heteroatoms. The van der Waals surface area contributed by atoms with Gasteiger partial charge in [-0.1, -0.05) is 35.9 Å². The number of rotatable bonds is 3. The van der Waals surface area contributed by atoms with E-state index in [-0.39, 0.29) is 23.8 Å². The maximum absolute atomic E-state index is 13.4. The number of amides is 1. The van der Waals surface area contributed by atoms with E-state index in [1.165, 1.54) is 15.3 Å². The van der Waals surface area contributed by atoms with Crippen LogP contribution >= 0.6 is 34.3 Å². The number of thiophene rings is 2. The highest BCUT2D eigenvalue weighted by molar-refractivity contribution is 7.10. The van der Waals surface area contributed by atoms with Crippen molar-refractivity contribution >= 4 is 40.2 Å². The van der Waals surface area contributed by atoms with E-state index in [4.69, 9.17) is 11.6 Å². The molecule has 1 fully saturated rings. The van der Waals surface area contributed by atoms with Gasteiger partial charge in [0.2, 0.25) is 5.91 Å². The van der Waals surface area contributed by atoms with Crippen LogP contribution in [0, 0.1) is 5.92 Å². The Kier molecular flexibility index (Phi) is 4.15. The standard InChI is InChI=1S/C21H18ClNOS2/c22-17-5-2-1-4-13(17)15-12-16(15)21(24)23-9-7-18-14(8-11-26-18)20(23)19-6-3-10-25-19/h1-6,8,10-11,15-16,20H,7,9,12H2. The second-order valence-electron chi connectivity index (χ2n) is 6.97. The minimum Gasteiger partial charge on any atom is -0.330 e. The van der Waals surface area contributed by atoms with Crippen LogP contribution in [0.4, 0.5) is 0 Å². The average molecular weight is 400 g/mol. The first-order chi connectivity index (χ1) is 12.7. The van der Waals surface area contributed by atoms with Crippen molar-refractivity contribution in [3.05, 3.63) is 79.1 Å². The van der Waals surface area contributed by atoms with Crippen LogP contribution < -0.4 is 0 Å². The highest BCUT2D eigenvalue weighted by Gasteiger charge is 2.48. The van der Waals surface area contributed by atoms with Crippen LogP contribution in [0.3, 0.4) is 0 Å². The van der Waals surface area contributed by atoms with Gasteiger partial charge in [-0.2, -0.15) is 0 Å². The van der Waals surface area contributed by atoms with Crippen LogP contribution in [0.25, 0.3) is 0 Å². The number of hydrogen-bond donors (Lipinski definition) is 0. The van der Waals surface area contributed by atoms with Gasteiger partial charge < -0.3 is 4.90 Å². The second-order valence-corrected chi connectivity index (χ2v) is 9.36. The fourth-order valence-corrected chi connectivity index (χ4v) is 6.14. The lowest BCUT2D eigenvalue weighted by Gasteiger charge is -2.35. The molecule has 0 N–H and O–H groups in total. The Balaban J connectivity index is 1.44. The summed E-state index contributed by atoms with van der Waals surface area (Å²) in [6.07, 6.45) is 1.87. The molecule has 1 aliphatic heterocycles. The van der Waals surface area contributed by atoms with Gasteiger partial charge in [-0.05, 0) is 58.8 Å². The van der Waals surface area contributed by atoms with Crippen molar-refractivity contribution in [1.82, 2.24) is 4.90 Å². The molecule has 3 aromatic rings. The molecule has 3 atom stereocenters. The van der Waals surface area contributed by atoms with Crippen molar-refractivity contribution in [2.75, 3.05) is 6.54 Å². The molecule has 132 valence electrons. The molecule has 1 aliphatic carbocycles. The zero-order valence-corrected chi connectivity index (χ0v) is 16.5. The summed E-state index contributed by atoms with van der Waals surface area (Å²) in [7, 11) is 0. The van der Waals surface area contributed by atoms with Gasteiger partial charge in [0.25, 0.3) is 0 Å². The van der Waals surface area contributed by atoms with Crippen molar-refractivity contribution in [2.45, 2.75) is 24.8 Å². The van der Waals surface area contributed by atoms with Gasteiger partial charge in [-0.15, -0.1) is 22.7 Å².